The predicted molar refractivity (Wildman–Crippen MR) is 88.3 cm³/mol. The number of sulfonamides is 1. The normalized spacial score (nSPS) is 13.6. The largest absolute Gasteiger partial charge is 0.326 e. The second-order valence-corrected chi connectivity index (χ2v) is 7.42. The number of nitrogens with two attached hydrogens (primary N) is 1. The summed E-state index contributed by atoms with van der Waals surface area (Å²) < 4.78 is 27.0. The molecule has 0 aromatic heterocycles. The van der Waals surface area contributed by atoms with Gasteiger partial charge in [0.05, 0.1) is 5.75 Å². The van der Waals surface area contributed by atoms with Gasteiger partial charge in [0.1, 0.15) is 0 Å². The first kappa shape index (κ1) is 18.1. The van der Waals surface area contributed by atoms with Crippen molar-refractivity contribution in [3.05, 3.63) is 35.4 Å². The Kier molecular flexibility index (Phi) is 7.35. The summed E-state index contributed by atoms with van der Waals surface area (Å²) in [6.45, 7) is 7.16. The van der Waals surface area contributed by atoms with Crippen molar-refractivity contribution in [2.24, 2.45) is 5.73 Å². The SMILES string of the molecule is CCCCN(C(C)CC)S(=O)(=O)Cc1ccc(CN)cc1. The van der Waals surface area contributed by atoms with E-state index in [9.17, 15) is 8.42 Å². The molecule has 5 heteroatoms. The summed E-state index contributed by atoms with van der Waals surface area (Å²) in [6.07, 6.45) is 2.72. The maximum Gasteiger partial charge on any atom is 0.218 e. The lowest BCUT2D eigenvalue weighted by Gasteiger charge is -2.27. The molecule has 0 saturated heterocycles. The molecule has 0 aliphatic carbocycles. The van der Waals surface area contributed by atoms with Crippen LogP contribution in [0.4, 0.5) is 0 Å². The van der Waals surface area contributed by atoms with Crippen LogP contribution in [0.1, 0.15) is 51.2 Å². The Labute approximate surface area is 129 Å². The van der Waals surface area contributed by atoms with Crippen LogP contribution in [0.2, 0.25) is 0 Å². The second kappa shape index (κ2) is 8.51. The van der Waals surface area contributed by atoms with Crippen LogP contribution in [0.15, 0.2) is 24.3 Å². The van der Waals surface area contributed by atoms with Gasteiger partial charge in [-0.2, -0.15) is 4.31 Å². The molecule has 1 aromatic rings. The molecule has 1 atom stereocenters. The van der Waals surface area contributed by atoms with Gasteiger partial charge in [0, 0.05) is 19.1 Å². The van der Waals surface area contributed by atoms with E-state index in [1.54, 1.807) is 4.31 Å². The Balaban J connectivity index is 2.88. The Morgan fingerprint density at radius 1 is 1.14 bits per heavy atom. The number of nitrogens with zero attached hydrogens (tertiary/aromatic N) is 1. The summed E-state index contributed by atoms with van der Waals surface area (Å²) in [5, 5.41) is 0. The summed E-state index contributed by atoms with van der Waals surface area (Å²) in [7, 11) is -3.28. The minimum Gasteiger partial charge on any atom is -0.326 e. The van der Waals surface area contributed by atoms with E-state index in [-0.39, 0.29) is 11.8 Å². The maximum absolute atomic E-state index is 12.7. The van der Waals surface area contributed by atoms with Crippen LogP contribution in [0.5, 0.6) is 0 Å². The smallest absolute Gasteiger partial charge is 0.218 e. The fourth-order valence-electron chi connectivity index (χ4n) is 2.22. The first-order valence-electron chi connectivity index (χ1n) is 7.72. The highest BCUT2D eigenvalue weighted by Crippen LogP contribution is 2.17. The summed E-state index contributed by atoms with van der Waals surface area (Å²) in [6, 6.07) is 7.54. The molecule has 2 N–H and O–H groups in total. The van der Waals surface area contributed by atoms with Gasteiger partial charge in [-0.05, 0) is 30.9 Å². The molecule has 1 unspecified atom stereocenters. The van der Waals surface area contributed by atoms with Crippen LogP contribution in [0.3, 0.4) is 0 Å². The van der Waals surface area contributed by atoms with Crippen molar-refractivity contribution in [1.82, 2.24) is 4.31 Å². The minimum absolute atomic E-state index is 0.0462. The third kappa shape index (κ3) is 5.41. The third-order valence-corrected chi connectivity index (χ3v) is 5.73. The quantitative estimate of drug-likeness (QED) is 0.762. The second-order valence-electron chi connectivity index (χ2n) is 5.50. The monoisotopic (exact) mass is 312 g/mol. The van der Waals surface area contributed by atoms with Gasteiger partial charge in [0.2, 0.25) is 10.0 Å². The van der Waals surface area contributed by atoms with Crippen LogP contribution in [-0.2, 0) is 22.3 Å². The van der Waals surface area contributed by atoms with E-state index in [0.29, 0.717) is 13.1 Å². The van der Waals surface area contributed by atoms with Gasteiger partial charge >= 0.3 is 0 Å². The molecule has 0 saturated carbocycles. The molecule has 21 heavy (non-hydrogen) atoms. The zero-order valence-corrected chi connectivity index (χ0v) is 14.2. The highest BCUT2D eigenvalue weighted by Gasteiger charge is 2.25. The molecule has 0 aliphatic heterocycles. The van der Waals surface area contributed by atoms with Gasteiger partial charge in [-0.1, -0.05) is 44.5 Å². The van der Waals surface area contributed by atoms with Gasteiger partial charge in [-0.3, -0.25) is 0 Å². The standard InChI is InChI=1S/C16H28N2O2S/c1-4-6-11-18(14(3)5-2)21(19,20)13-16-9-7-15(12-17)8-10-16/h7-10,14H,4-6,11-13,17H2,1-3H3. The van der Waals surface area contributed by atoms with E-state index in [2.05, 4.69) is 6.92 Å². The molecule has 4 nitrogen and oxygen atoms in total. The lowest BCUT2D eigenvalue weighted by atomic mass is 10.1. The average molecular weight is 312 g/mol. The molecular formula is C16H28N2O2S. The molecule has 0 aliphatic rings. The Morgan fingerprint density at radius 3 is 2.19 bits per heavy atom. The predicted octanol–water partition coefficient (Wildman–Crippen LogP) is 2.88. The van der Waals surface area contributed by atoms with Crippen LogP contribution in [0.25, 0.3) is 0 Å². The molecule has 0 radical (unpaired) electrons. The fraction of sp³-hybridized carbons (Fsp3) is 0.625. The number of rotatable bonds is 9. The summed E-state index contributed by atoms with van der Waals surface area (Å²) in [4.78, 5) is 0. The zero-order chi connectivity index (χ0) is 15.9. The van der Waals surface area contributed by atoms with Crippen molar-refractivity contribution >= 4 is 10.0 Å². The van der Waals surface area contributed by atoms with Crippen molar-refractivity contribution in [2.45, 2.75) is 58.4 Å². The molecule has 0 amide bonds. The lowest BCUT2D eigenvalue weighted by molar-refractivity contribution is 0.324. The lowest BCUT2D eigenvalue weighted by Crippen LogP contribution is -2.39. The van der Waals surface area contributed by atoms with E-state index in [1.807, 2.05) is 38.1 Å². The van der Waals surface area contributed by atoms with Crippen molar-refractivity contribution in [3.63, 3.8) is 0 Å². The Bertz CT molecular complexity index is 512. The van der Waals surface area contributed by atoms with E-state index in [1.165, 1.54) is 0 Å². The van der Waals surface area contributed by atoms with Crippen LogP contribution in [0, 0.1) is 0 Å². The highest BCUT2D eigenvalue weighted by atomic mass is 32.2. The van der Waals surface area contributed by atoms with Gasteiger partial charge in [0.25, 0.3) is 0 Å². The summed E-state index contributed by atoms with van der Waals surface area (Å²) in [5.74, 6) is 0.0614. The Morgan fingerprint density at radius 2 is 1.71 bits per heavy atom. The average Bonchev–Trinajstić information content (AvgIpc) is 2.47. The van der Waals surface area contributed by atoms with E-state index >= 15 is 0 Å². The number of hydrogen-bond donors (Lipinski definition) is 1. The number of hydrogen-bond acceptors (Lipinski definition) is 3. The molecule has 1 rings (SSSR count). The number of benzene rings is 1. The van der Waals surface area contributed by atoms with Crippen molar-refractivity contribution in [2.75, 3.05) is 6.54 Å². The van der Waals surface area contributed by atoms with Crippen LogP contribution in [-0.4, -0.2) is 25.3 Å². The van der Waals surface area contributed by atoms with E-state index in [0.717, 1.165) is 30.4 Å². The Hall–Kier alpha value is -0.910. The summed E-state index contributed by atoms with van der Waals surface area (Å²) >= 11 is 0. The van der Waals surface area contributed by atoms with Crippen LogP contribution >= 0.6 is 0 Å². The van der Waals surface area contributed by atoms with Crippen LogP contribution < -0.4 is 5.73 Å². The summed E-state index contributed by atoms with van der Waals surface area (Å²) in [5.41, 5.74) is 7.39. The number of unbranched alkanes of at least 4 members (excludes halogenated alkanes) is 1. The molecule has 0 fully saturated rings. The van der Waals surface area contributed by atoms with Crippen molar-refractivity contribution < 1.29 is 8.42 Å². The van der Waals surface area contributed by atoms with Crippen molar-refractivity contribution in [3.8, 4) is 0 Å². The molecule has 0 heterocycles. The first-order chi connectivity index (χ1) is 9.94. The van der Waals surface area contributed by atoms with Gasteiger partial charge in [-0.25, -0.2) is 8.42 Å². The zero-order valence-electron chi connectivity index (χ0n) is 13.4. The molecule has 0 bridgehead atoms. The highest BCUT2D eigenvalue weighted by molar-refractivity contribution is 7.88. The molecule has 1 aromatic carbocycles. The molecular weight excluding hydrogens is 284 g/mol. The van der Waals surface area contributed by atoms with Gasteiger partial charge in [0.15, 0.2) is 0 Å². The minimum atomic E-state index is -3.28. The van der Waals surface area contributed by atoms with Gasteiger partial charge in [-0.15, -0.1) is 0 Å². The molecule has 0 spiro atoms. The third-order valence-electron chi connectivity index (χ3n) is 3.78. The van der Waals surface area contributed by atoms with Gasteiger partial charge < -0.3 is 5.73 Å². The fourth-order valence-corrected chi connectivity index (χ4v) is 4.10. The topological polar surface area (TPSA) is 63.4 Å². The molecule has 120 valence electrons. The first-order valence-corrected chi connectivity index (χ1v) is 9.32. The van der Waals surface area contributed by atoms with E-state index in [4.69, 9.17) is 5.73 Å². The maximum atomic E-state index is 12.7. The van der Waals surface area contributed by atoms with Crippen molar-refractivity contribution in [1.29, 1.82) is 0 Å². The van der Waals surface area contributed by atoms with E-state index < -0.39 is 10.0 Å².